The van der Waals surface area contributed by atoms with Crippen molar-refractivity contribution in [2.75, 3.05) is 11.9 Å². The van der Waals surface area contributed by atoms with Crippen LogP contribution in [0.3, 0.4) is 0 Å². The van der Waals surface area contributed by atoms with Gasteiger partial charge in [-0.3, -0.25) is 4.79 Å². The second-order valence-corrected chi connectivity index (χ2v) is 4.49. The molecule has 0 unspecified atom stereocenters. The molecule has 100 valence electrons. The fourth-order valence-corrected chi connectivity index (χ4v) is 1.77. The van der Waals surface area contributed by atoms with Crippen molar-refractivity contribution < 1.29 is 9.18 Å². The molecule has 19 heavy (non-hydrogen) atoms. The van der Waals surface area contributed by atoms with Crippen molar-refractivity contribution in [2.24, 2.45) is 5.10 Å². The maximum absolute atomic E-state index is 12.7. The van der Waals surface area contributed by atoms with E-state index >= 15 is 0 Å². The Morgan fingerprint density at radius 2 is 2.05 bits per heavy atom. The van der Waals surface area contributed by atoms with E-state index in [1.165, 1.54) is 17.7 Å². The van der Waals surface area contributed by atoms with Crippen molar-refractivity contribution in [2.45, 2.75) is 19.8 Å². The maximum atomic E-state index is 12.7. The summed E-state index contributed by atoms with van der Waals surface area (Å²) >= 11 is 0. The maximum Gasteiger partial charge on any atom is 0.259 e. The first-order valence-corrected chi connectivity index (χ1v) is 6.15. The van der Waals surface area contributed by atoms with Crippen LogP contribution >= 0.6 is 0 Å². The molecule has 0 bridgehead atoms. The number of carbonyl (C=O) groups is 1. The zero-order valence-corrected chi connectivity index (χ0v) is 10.7. The molecular formula is C14H16FN3O. The molecule has 5 heteroatoms. The summed E-state index contributed by atoms with van der Waals surface area (Å²) in [6.45, 7) is 2.14. The summed E-state index contributed by atoms with van der Waals surface area (Å²) < 4.78 is 12.7. The molecule has 2 rings (SSSR count). The van der Waals surface area contributed by atoms with Crippen LogP contribution in [0.4, 0.5) is 10.1 Å². The van der Waals surface area contributed by atoms with Gasteiger partial charge in [-0.2, -0.15) is 5.10 Å². The minimum Gasteiger partial charge on any atom is -0.376 e. The fourth-order valence-electron chi connectivity index (χ4n) is 1.77. The first kappa shape index (κ1) is 13.3. The molecule has 0 fully saturated rings. The van der Waals surface area contributed by atoms with Gasteiger partial charge in [-0.05, 0) is 50.1 Å². The van der Waals surface area contributed by atoms with Gasteiger partial charge in [-0.25, -0.2) is 9.82 Å². The minimum atomic E-state index is -0.301. The van der Waals surface area contributed by atoms with Gasteiger partial charge < -0.3 is 5.32 Å². The van der Waals surface area contributed by atoms with Crippen molar-refractivity contribution in [3.63, 3.8) is 0 Å². The van der Waals surface area contributed by atoms with E-state index in [9.17, 15) is 9.18 Å². The van der Waals surface area contributed by atoms with Gasteiger partial charge in [0, 0.05) is 5.69 Å². The van der Waals surface area contributed by atoms with Gasteiger partial charge in [0.1, 0.15) is 5.82 Å². The first-order chi connectivity index (χ1) is 9.13. The average Bonchev–Trinajstić information content (AvgIpc) is 2.81. The Labute approximate surface area is 111 Å². The zero-order valence-electron chi connectivity index (χ0n) is 10.7. The van der Waals surface area contributed by atoms with Gasteiger partial charge in [0.15, 0.2) is 0 Å². The minimum absolute atomic E-state index is 0.102. The van der Waals surface area contributed by atoms with Gasteiger partial charge in [-0.1, -0.05) is 5.57 Å². The fraction of sp³-hybridized carbons (Fsp3) is 0.286. The zero-order chi connectivity index (χ0) is 13.7. The summed E-state index contributed by atoms with van der Waals surface area (Å²) in [6.07, 6.45) is 3.85. The van der Waals surface area contributed by atoms with Gasteiger partial charge in [0.05, 0.1) is 12.3 Å². The highest BCUT2D eigenvalue weighted by Gasteiger charge is 2.07. The van der Waals surface area contributed by atoms with Gasteiger partial charge >= 0.3 is 0 Å². The molecule has 0 spiro atoms. The number of carbonyl (C=O) groups excluding carboxylic acids is 1. The van der Waals surface area contributed by atoms with E-state index < -0.39 is 0 Å². The molecule has 2 N–H and O–H groups in total. The van der Waals surface area contributed by atoms with Gasteiger partial charge in [-0.15, -0.1) is 0 Å². The second-order valence-electron chi connectivity index (χ2n) is 4.49. The summed E-state index contributed by atoms with van der Waals surface area (Å²) in [5.41, 5.74) is 5.36. The van der Waals surface area contributed by atoms with Crippen molar-refractivity contribution in [1.29, 1.82) is 0 Å². The third-order valence-corrected chi connectivity index (χ3v) is 2.81. The van der Waals surface area contributed by atoms with Crippen LogP contribution < -0.4 is 10.7 Å². The lowest BCUT2D eigenvalue weighted by Gasteiger charge is -2.05. The molecule has 1 aliphatic rings. The number of nitrogens with zero attached hydrogens (tertiary/aromatic N) is 1. The molecule has 0 aliphatic heterocycles. The van der Waals surface area contributed by atoms with E-state index in [4.69, 9.17) is 0 Å². The summed E-state index contributed by atoms with van der Waals surface area (Å²) in [5, 5.41) is 6.93. The number of rotatable bonds is 4. The number of anilines is 1. The Balaban J connectivity index is 1.77. The van der Waals surface area contributed by atoms with Crippen LogP contribution in [0.5, 0.6) is 0 Å². The molecule has 0 atom stereocenters. The average molecular weight is 261 g/mol. The first-order valence-electron chi connectivity index (χ1n) is 6.15. The summed E-state index contributed by atoms with van der Waals surface area (Å²) in [6, 6.07) is 5.84. The quantitative estimate of drug-likeness (QED) is 0.818. The largest absolute Gasteiger partial charge is 0.376 e. The van der Waals surface area contributed by atoms with E-state index in [1.807, 2.05) is 13.0 Å². The highest BCUT2D eigenvalue weighted by Crippen LogP contribution is 2.14. The van der Waals surface area contributed by atoms with E-state index in [2.05, 4.69) is 15.8 Å². The third kappa shape index (κ3) is 4.21. The van der Waals surface area contributed by atoms with E-state index in [0.29, 0.717) is 5.69 Å². The molecule has 4 nitrogen and oxygen atoms in total. The number of hydrogen-bond acceptors (Lipinski definition) is 3. The number of hydrogen-bond donors (Lipinski definition) is 2. The van der Waals surface area contributed by atoms with Crippen LogP contribution in [0.2, 0.25) is 0 Å². The summed E-state index contributed by atoms with van der Waals surface area (Å²) in [7, 11) is 0. The van der Waals surface area contributed by atoms with Crippen LogP contribution in [-0.2, 0) is 4.79 Å². The topological polar surface area (TPSA) is 53.5 Å². The summed E-state index contributed by atoms with van der Waals surface area (Å²) in [5.74, 6) is -0.528. The second kappa shape index (κ2) is 6.13. The lowest BCUT2D eigenvalue weighted by atomic mass is 10.3. The monoisotopic (exact) mass is 261 g/mol. The smallest absolute Gasteiger partial charge is 0.259 e. The molecule has 0 radical (unpaired) electrons. The lowest BCUT2D eigenvalue weighted by molar-refractivity contribution is -0.119. The highest BCUT2D eigenvalue weighted by molar-refractivity contribution is 5.98. The standard InChI is InChI=1S/C14H16FN3O/c1-10-2-5-13(8-10)17-18-14(19)9-16-12-6-3-11(15)4-7-12/h3-4,6-8,16H,2,5,9H2,1H3,(H,18,19). The van der Waals surface area contributed by atoms with Crippen molar-refractivity contribution in [1.82, 2.24) is 5.43 Å². The molecule has 0 saturated heterocycles. The van der Waals surface area contributed by atoms with Crippen LogP contribution in [0.1, 0.15) is 19.8 Å². The predicted octanol–water partition coefficient (Wildman–Crippen LogP) is 2.45. The van der Waals surface area contributed by atoms with Crippen LogP contribution in [0.15, 0.2) is 41.0 Å². The number of halogens is 1. The van der Waals surface area contributed by atoms with E-state index in [-0.39, 0.29) is 18.3 Å². The number of allylic oxidation sites excluding steroid dienone is 2. The van der Waals surface area contributed by atoms with Crippen molar-refractivity contribution in [3.8, 4) is 0 Å². The van der Waals surface area contributed by atoms with Crippen LogP contribution in [-0.4, -0.2) is 18.2 Å². The Kier molecular flexibility index (Phi) is 4.28. The molecule has 1 aliphatic carbocycles. The number of amides is 1. The van der Waals surface area contributed by atoms with E-state index in [0.717, 1.165) is 18.6 Å². The number of hydrazone groups is 1. The van der Waals surface area contributed by atoms with Crippen LogP contribution in [0.25, 0.3) is 0 Å². The molecule has 0 saturated carbocycles. The SMILES string of the molecule is CC1=CC(=NNC(=O)CNc2ccc(F)cc2)CC1. The van der Waals surface area contributed by atoms with Crippen molar-refractivity contribution in [3.05, 3.63) is 41.7 Å². The normalized spacial score (nSPS) is 16.3. The number of nitrogens with one attached hydrogen (secondary N) is 2. The molecule has 1 amide bonds. The highest BCUT2D eigenvalue weighted by atomic mass is 19.1. The molecule has 1 aromatic carbocycles. The number of benzene rings is 1. The molecule has 0 aromatic heterocycles. The van der Waals surface area contributed by atoms with Crippen LogP contribution in [0, 0.1) is 5.82 Å². The molecule has 0 heterocycles. The Morgan fingerprint density at radius 3 is 2.68 bits per heavy atom. The van der Waals surface area contributed by atoms with E-state index in [1.54, 1.807) is 12.1 Å². The summed E-state index contributed by atoms with van der Waals surface area (Å²) in [4.78, 5) is 11.5. The molecule has 1 aromatic rings. The Hall–Kier alpha value is -2.17. The van der Waals surface area contributed by atoms with Crippen molar-refractivity contribution >= 4 is 17.3 Å². The predicted molar refractivity (Wildman–Crippen MR) is 73.5 cm³/mol. The van der Waals surface area contributed by atoms with Gasteiger partial charge in [0.25, 0.3) is 5.91 Å². The van der Waals surface area contributed by atoms with Gasteiger partial charge in [0.2, 0.25) is 0 Å². The Morgan fingerprint density at radius 1 is 1.32 bits per heavy atom. The molecular weight excluding hydrogens is 245 g/mol. The third-order valence-electron chi connectivity index (χ3n) is 2.81. The lowest BCUT2D eigenvalue weighted by Crippen LogP contribution is -2.26. The Bertz CT molecular complexity index is 520.